The van der Waals surface area contributed by atoms with E-state index in [1.807, 2.05) is 24.3 Å². The molecule has 2 aromatic rings. The van der Waals surface area contributed by atoms with Gasteiger partial charge in [-0.15, -0.1) is 0 Å². The van der Waals surface area contributed by atoms with Crippen molar-refractivity contribution in [2.45, 2.75) is 44.3 Å². The molecule has 0 spiro atoms. The molecule has 2 saturated heterocycles. The maximum Gasteiger partial charge on any atom is 0.255 e. The third-order valence-corrected chi connectivity index (χ3v) is 6.23. The van der Waals surface area contributed by atoms with Crippen LogP contribution >= 0.6 is 0 Å². The fourth-order valence-corrected chi connectivity index (χ4v) is 4.60. The zero-order valence-corrected chi connectivity index (χ0v) is 17.1. The number of nitrogens with one attached hydrogen (secondary N) is 3. The number of fused-ring (bicyclic) bond motifs is 1. The summed E-state index contributed by atoms with van der Waals surface area (Å²) < 4.78 is 0. The number of amides is 3. The maximum atomic E-state index is 13.2. The van der Waals surface area contributed by atoms with Crippen LogP contribution in [-0.2, 0) is 22.7 Å². The zero-order valence-electron chi connectivity index (χ0n) is 17.1. The van der Waals surface area contributed by atoms with E-state index in [0.717, 1.165) is 36.3 Å². The van der Waals surface area contributed by atoms with Crippen molar-refractivity contribution in [3.63, 3.8) is 0 Å². The molecule has 0 bridgehead atoms. The van der Waals surface area contributed by atoms with Gasteiger partial charge in [0.25, 0.3) is 5.91 Å². The normalized spacial score (nSPS) is 23.1. The summed E-state index contributed by atoms with van der Waals surface area (Å²) in [5, 5.41) is 8.93. The molecule has 4 heterocycles. The van der Waals surface area contributed by atoms with E-state index in [0.29, 0.717) is 36.9 Å². The quantitative estimate of drug-likeness (QED) is 0.616. The second kappa shape index (κ2) is 8.07. The summed E-state index contributed by atoms with van der Waals surface area (Å²) in [7, 11) is 0. The molecule has 2 fully saturated rings. The van der Waals surface area contributed by atoms with Crippen LogP contribution < -0.4 is 16.0 Å². The van der Waals surface area contributed by atoms with Crippen LogP contribution in [-0.4, -0.2) is 51.7 Å². The molecule has 3 N–H and O–H groups in total. The Morgan fingerprint density at radius 1 is 1.16 bits per heavy atom. The van der Waals surface area contributed by atoms with Crippen molar-refractivity contribution in [1.82, 2.24) is 25.5 Å². The van der Waals surface area contributed by atoms with Gasteiger partial charge >= 0.3 is 0 Å². The number of anilines is 1. The van der Waals surface area contributed by atoms with Crippen LogP contribution in [0, 0.1) is 0 Å². The van der Waals surface area contributed by atoms with Gasteiger partial charge < -0.3 is 15.5 Å². The van der Waals surface area contributed by atoms with Crippen molar-refractivity contribution in [3.05, 3.63) is 52.8 Å². The van der Waals surface area contributed by atoms with Crippen molar-refractivity contribution in [3.8, 4) is 0 Å². The molecule has 9 nitrogen and oxygen atoms in total. The molecule has 5 rings (SSSR count). The molecule has 9 heteroatoms. The number of hydrogen-bond acceptors (Lipinski definition) is 7. The minimum absolute atomic E-state index is 0.173. The minimum atomic E-state index is -0.613. The maximum absolute atomic E-state index is 13.2. The average molecular weight is 420 g/mol. The van der Waals surface area contributed by atoms with Gasteiger partial charge in [0.1, 0.15) is 6.04 Å². The highest BCUT2D eigenvalue weighted by Gasteiger charge is 2.39. The lowest BCUT2D eigenvalue weighted by Crippen LogP contribution is -2.52. The molecule has 0 saturated carbocycles. The predicted molar refractivity (Wildman–Crippen MR) is 112 cm³/mol. The molecular weight excluding hydrogens is 396 g/mol. The van der Waals surface area contributed by atoms with Crippen LogP contribution in [0.5, 0.6) is 0 Å². The summed E-state index contributed by atoms with van der Waals surface area (Å²) in [5.41, 5.74) is 3.37. The van der Waals surface area contributed by atoms with E-state index in [4.69, 9.17) is 0 Å². The molecule has 31 heavy (non-hydrogen) atoms. The van der Waals surface area contributed by atoms with Gasteiger partial charge in [-0.2, -0.15) is 0 Å². The van der Waals surface area contributed by atoms with Crippen molar-refractivity contribution >= 4 is 23.7 Å². The summed E-state index contributed by atoms with van der Waals surface area (Å²) in [6, 6.07) is 7.07. The predicted octanol–water partition coefficient (Wildman–Crippen LogP) is 0.927. The molecule has 2 unspecified atom stereocenters. The highest BCUT2D eigenvalue weighted by molar-refractivity contribution is 6.06. The molecule has 3 amide bonds. The van der Waals surface area contributed by atoms with E-state index in [1.54, 1.807) is 11.1 Å². The fourth-order valence-electron chi connectivity index (χ4n) is 4.60. The van der Waals surface area contributed by atoms with Gasteiger partial charge in [-0.05, 0) is 36.6 Å². The van der Waals surface area contributed by atoms with Crippen molar-refractivity contribution in [1.29, 1.82) is 0 Å². The fraction of sp³-hybridized carbons (Fsp3) is 0.409. The third kappa shape index (κ3) is 3.76. The molecular formula is C22H24N6O3. The van der Waals surface area contributed by atoms with Gasteiger partial charge in [-0.3, -0.25) is 19.7 Å². The largest absolute Gasteiger partial charge is 0.350 e. The SMILES string of the molecule is O=C1CCC(N2Cc3cccc(CNc4nccc(C5CCNC5)n4)c3C2=O)C(=O)N1. The summed E-state index contributed by atoms with van der Waals surface area (Å²) in [4.78, 5) is 47.4. The standard InChI is InChI=1S/C22H24N6O3/c29-18-5-4-17(20(30)27-18)28-12-15-3-1-2-14(19(15)21(28)31)11-25-22-24-9-7-16(26-22)13-6-8-23-10-13/h1-3,7,9,13,17,23H,4-6,8,10-12H2,(H,24,25,26)(H,27,29,30). The Balaban J connectivity index is 1.32. The number of hydrogen-bond donors (Lipinski definition) is 3. The van der Waals surface area contributed by atoms with Crippen molar-refractivity contribution in [2.24, 2.45) is 0 Å². The molecule has 0 radical (unpaired) electrons. The second-order valence-corrected chi connectivity index (χ2v) is 8.20. The molecule has 0 aliphatic carbocycles. The molecule has 3 aliphatic rings. The Morgan fingerprint density at radius 2 is 2.06 bits per heavy atom. The minimum Gasteiger partial charge on any atom is -0.350 e. The van der Waals surface area contributed by atoms with Crippen LogP contribution in [0.1, 0.15) is 52.4 Å². The first-order valence-electron chi connectivity index (χ1n) is 10.6. The van der Waals surface area contributed by atoms with E-state index < -0.39 is 11.9 Å². The number of carbonyl (C=O) groups excluding carboxylic acids is 3. The van der Waals surface area contributed by atoms with Gasteiger partial charge in [-0.1, -0.05) is 18.2 Å². The summed E-state index contributed by atoms with van der Waals surface area (Å²) >= 11 is 0. The molecule has 2 atom stereocenters. The van der Waals surface area contributed by atoms with Gasteiger partial charge in [0.15, 0.2) is 0 Å². The Kier molecular flexibility index (Phi) is 5.11. The Bertz CT molecular complexity index is 1050. The van der Waals surface area contributed by atoms with Gasteiger partial charge in [0.2, 0.25) is 17.8 Å². The monoisotopic (exact) mass is 420 g/mol. The van der Waals surface area contributed by atoms with Crippen molar-refractivity contribution in [2.75, 3.05) is 18.4 Å². The van der Waals surface area contributed by atoms with Crippen LogP contribution in [0.2, 0.25) is 0 Å². The van der Waals surface area contributed by atoms with Crippen LogP contribution in [0.25, 0.3) is 0 Å². The summed E-state index contributed by atoms with van der Waals surface area (Å²) in [5.74, 6) is 0.0749. The zero-order chi connectivity index (χ0) is 21.4. The lowest BCUT2D eigenvalue weighted by Gasteiger charge is -2.29. The molecule has 1 aromatic heterocycles. The highest BCUT2D eigenvalue weighted by atomic mass is 16.2. The number of nitrogens with zero attached hydrogens (tertiary/aromatic N) is 3. The lowest BCUT2D eigenvalue weighted by molar-refractivity contribution is -0.136. The first kappa shape index (κ1) is 19.6. The van der Waals surface area contributed by atoms with E-state index in [-0.39, 0.29) is 18.2 Å². The smallest absolute Gasteiger partial charge is 0.255 e. The van der Waals surface area contributed by atoms with Crippen LogP contribution in [0.4, 0.5) is 5.95 Å². The third-order valence-electron chi connectivity index (χ3n) is 6.23. The average Bonchev–Trinajstić information content (AvgIpc) is 3.42. The molecule has 160 valence electrons. The number of imide groups is 1. The number of rotatable bonds is 5. The molecule has 3 aliphatic heterocycles. The van der Waals surface area contributed by atoms with Gasteiger partial charge in [0, 0.05) is 43.7 Å². The first-order chi connectivity index (χ1) is 15.1. The summed E-state index contributed by atoms with van der Waals surface area (Å²) in [6.45, 7) is 2.70. The highest BCUT2D eigenvalue weighted by Crippen LogP contribution is 2.30. The number of benzene rings is 1. The van der Waals surface area contributed by atoms with Crippen molar-refractivity contribution < 1.29 is 14.4 Å². The Hall–Kier alpha value is -3.33. The Labute approximate surface area is 179 Å². The lowest BCUT2D eigenvalue weighted by atomic mass is 10.0. The first-order valence-corrected chi connectivity index (χ1v) is 10.6. The van der Waals surface area contributed by atoms with E-state index in [9.17, 15) is 14.4 Å². The number of carbonyl (C=O) groups is 3. The topological polar surface area (TPSA) is 116 Å². The van der Waals surface area contributed by atoms with Gasteiger partial charge in [0.05, 0.1) is 5.69 Å². The summed E-state index contributed by atoms with van der Waals surface area (Å²) in [6.07, 6.45) is 3.42. The number of aromatic nitrogens is 2. The Morgan fingerprint density at radius 3 is 2.87 bits per heavy atom. The second-order valence-electron chi connectivity index (χ2n) is 8.20. The van der Waals surface area contributed by atoms with E-state index >= 15 is 0 Å². The van der Waals surface area contributed by atoms with Crippen LogP contribution in [0.3, 0.4) is 0 Å². The molecule has 1 aromatic carbocycles. The number of piperidine rings is 1. The van der Waals surface area contributed by atoms with E-state index in [1.165, 1.54) is 0 Å². The van der Waals surface area contributed by atoms with Gasteiger partial charge in [-0.25, -0.2) is 9.97 Å². The van der Waals surface area contributed by atoms with E-state index in [2.05, 4.69) is 25.9 Å². The van der Waals surface area contributed by atoms with Crippen LogP contribution in [0.15, 0.2) is 30.5 Å².